The van der Waals surface area contributed by atoms with Crippen molar-refractivity contribution < 1.29 is 18.8 Å². The fourth-order valence-electron chi connectivity index (χ4n) is 1.40. The highest BCUT2D eigenvalue weighted by atomic mass is 32.2. The molecule has 4 amide bonds. The van der Waals surface area contributed by atoms with E-state index >= 15 is 0 Å². The first-order valence-corrected chi connectivity index (χ1v) is 5.68. The minimum Gasteiger partial charge on any atom is -0.264 e. The number of carbonyl (C=O) groups excluding carboxylic acids is 2. The summed E-state index contributed by atoms with van der Waals surface area (Å²) in [6, 6.07) is 4.41. The van der Waals surface area contributed by atoms with Gasteiger partial charge in [-0.15, -0.1) is 5.06 Å². The molecule has 0 aliphatic carbocycles. The van der Waals surface area contributed by atoms with E-state index < -0.39 is 17.9 Å². The SMILES string of the molecule is CON1C(=O)N(C)SN(c2ccccc2F)C1=O. The molecule has 0 aromatic heterocycles. The number of rotatable bonds is 2. The summed E-state index contributed by atoms with van der Waals surface area (Å²) in [5.74, 6) is -0.558. The maximum Gasteiger partial charge on any atom is 0.369 e. The lowest BCUT2D eigenvalue weighted by atomic mass is 10.3. The fourth-order valence-corrected chi connectivity index (χ4v) is 2.17. The van der Waals surface area contributed by atoms with E-state index in [4.69, 9.17) is 4.84 Å². The highest BCUT2D eigenvalue weighted by Gasteiger charge is 2.39. The Bertz CT molecular complexity index is 499. The molecule has 1 aromatic rings. The van der Waals surface area contributed by atoms with E-state index in [-0.39, 0.29) is 5.69 Å². The molecule has 96 valence electrons. The van der Waals surface area contributed by atoms with Crippen LogP contribution in [0.25, 0.3) is 0 Å². The molecule has 0 bridgehead atoms. The molecule has 0 radical (unpaired) electrons. The van der Waals surface area contributed by atoms with E-state index in [0.717, 1.165) is 20.7 Å². The van der Waals surface area contributed by atoms with Crippen molar-refractivity contribution in [3.05, 3.63) is 30.1 Å². The molecule has 0 unspecified atom stereocenters. The lowest BCUT2D eigenvalue weighted by Gasteiger charge is -2.35. The van der Waals surface area contributed by atoms with Crippen LogP contribution in [0.15, 0.2) is 24.3 Å². The molecular formula is C10H10FN3O3S. The third-order valence-electron chi connectivity index (χ3n) is 2.25. The molecule has 1 aliphatic heterocycles. The topological polar surface area (TPSA) is 53.1 Å². The highest BCUT2D eigenvalue weighted by Crippen LogP contribution is 2.32. The van der Waals surface area contributed by atoms with Gasteiger partial charge < -0.3 is 0 Å². The Morgan fingerprint density at radius 3 is 2.50 bits per heavy atom. The Morgan fingerprint density at radius 2 is 1.89 bits per heavy atom. The molecule has 1 heterocycles. The summed E-state index contributed by atoms with van der Waals surface area (Å²) in [6.45, 7) is 0. The first-order valence-electron chi connectivity index (χ1n) is 4.95. The molecule has 0 atom stereocenters. The number of carbonyl (C=O) groups is 2. The predicted octanol–water partition coefficient (Wildman–Crippen LogP) is 2.24. The van der Waals surface area contributed by atoms with Gasteiger partial charge in [0.15, 0.2) is 0 Å². The maximum absolute atomic E-state index is 13.6. The van der Waals surface area contributed by atoms with Crippen molar-refractivity contribution in [3.8, 4) is 0 Å². The van der Waals surface area contributed by atoms with E-state index in [1.165, 1.54) is 32.4 Å². The summed E-state index contributed by atoms with van der Waals surface area (Å²) >= 11 is 0.795. The van der Waals surface area contributed by atoms with Gasteiger partial charge in [-0.05, 0) is 12.1 Å². The van der Waals surface area contributed by atoms with Crippen LogP contribution in [-0.2, 0) is 4.84 Å². The van der Waals surface area contributed by atoms with Gasteiger partial charge in [0.1, 0.15) is 5.82 Å². The van der Waals surface area contributed by atoms with Gasteiger partial charge in [0.25, 0.3) is 0 Å². The Balaban J connectivity index is 2.37. The molecule has 0 saturated carbocycles. The van der Waals surface area contributed by atoms with E-state index in [1.54, 1.807) is 6.07 Å². The van der Waals surface area contributed by atoms with Gasteiger partial charge in [-0.25, -0.2) is 18.3 Å². The molecule has 0 N–H and O–H groups in total. The second kappa shape index (κ2) is 4.83. The van der Waals surface area contributed by atoms with E-state index in [0.29, 0.717) is 5.06 Å². The fraction of sp³-hybridized carbons (Fsp3) is 0.200. The zero-order chi connectivity index (χ0) is 13.3. The quantitative estimate of drug-likeness (QED) is 0.774. The molecule has 1 aliphatic rings. The molecule has 0 spiro atoms. The molecule has 18 heavy (non-hydrogen) atoms. The summed E-state index contributed by atoms with van der Waals surface area (Å²) in [4.78, 5) is 28.2. The predicted molar refractivity (Wildman–Crippen MR) is 63.9 cm³/mol. The van der Waals surface area contributed by atoms with Crippen LogP contribution in [0.4, 0.5) is 19.7 Å². The monoisotopic (exact) mass is 271 g/mol. The van der Waals surface area contributed by atoms with Crippen LogP contribution in [0.3, 0.4) is 0 Å². The van der Waals surface area contributed by atoms with Crippen molar-refractivity contribution >= 4 is 29.9 Å². The van der Waals surface area contributed by atoms with Crippen LogP contribution in [0.2, 0.25) is 0 Å². The van der Waals surface area contributed by atoms with Crippen molar-refractivity contribution in [1.82, 2.24) is 9.37 Å². The number of imide groups is 1. The smallest absolute Gasteiger partial charge is 0.264 e. The summed E-state index contributed by atoms with van der Waals surface area (Å²) in [6.07, 6.45) is 0. The minimum absolute atomic E-state index is 0.0638. The van der Waals surface area contributed by atoms with Gasteiger partial charge in [0.2, 0.25) is 0 Å². The van der Waals surface area contributed by atoms with Gasteiger partial charge >= 0.3 is 12.1 Å². The number of urea groups is 2. The van der Waals surface area contributed by atoms with Gasteiger partial charge in [-0.3, -0.25) is 9.14 Å². The second-order valence-electron chi connectivity index (χ2n) is 3.37. The number of nitrogens with zero attached hydrogens (tertiary/aromatic N) is 3. The van der Waals surface area contributed by atoms with Crippen LogP contribution in [-0.4, -0.2) is 35.6 Å². The molecule has 8 heteroatoms. The maximum atomic E-state index is 13.6. The first-order chi connectivity index (χ1) is 8.56. The third kappa shape index (κ3) is 2.00. The van der Waals surface area contributed by atoms with E-state index in [2.05, 4.69) is 0 Å². The summed E-state index contributed by atoms with van der Waals surface area (Å²) in [7, 11) is 2.65. The number of hydroxylamine groups is 2. The van der Waals surface area contributed by atoms with Crippen LogP contribution >= 0.6 is 12.1 Å². The largest absolute Gasteiger partial charge is 0.369 e. The summed E-state index contributed by atoms with van der Waals surface area (Å²) < 4.78 is 15.8. The standard InChI is InChI=1S/C10H10FN3O3S/c1-12-9(15)13(17-2)10(16)14(18-12)8-6-4-3-5-7(8)11/h3-6H,1-2H3. The first kappa shape index (κ1) is 12.7. The molecule has 6 nitrogen and oxygen atoms in total. The number of para-hydroxylation sites is 1. The van der Waals surface area contributed by atoms with Gasteiger partial charge in [-0.1, -0.05) is 12.1 Å². The highest BCUT2D eigenvalue weighted by molar-refractivity contribution is 7.99. The second-order valence-corrected chi connectivity index (χ2v) is 4.44. The Hall–Kier alpha value is -1.80. The van der Waals surface area contributed by atoms with Crippen molar-refractivity contribution in [2.24, 2.45) is 0 Å². The zero-order valence-corrected chi connectivity index (χ0v) is 10.5. The lowest BCUT2D eigenvalue weighted by molar-refractivity contribution is -0.0493. The Morgan fingerprint density at radius 1 is 1.22 bits per heavy atom. The molecule has 2 rings (SSSR count). The van der Waals surface area contributed by atoms with Crippen LogP contribution < -0.4 is 4.31 Å². The molecule has 1 aromatic carbocycles. The van der Waals surface area contributed by atoms with Gasteiger partial charge in [0.05, 0.1) is 24.9 Å². The summed E-state index contributed by atoms with van der Waals surface area (Å²) in [5.41, 5.74) is 0.0638. The number of halogens is 1. The zero-order valence-electron chi connectivity index (χ0n) is 9.66. The minimum atomic E-state index is -0.754. The van der Waals surface area contributed by atoms with Crippen LogP contribution in [0.5, 0.6) is 0 Å². The van der Waals surface area contributed by atoms with Crippen LogP contribution in [0, 0.1) is 5.82 Å². The average molecular weight is 271 g/mol. The lowest BCUT2D eigenvalue weighted by Crippen LogP contribution is -2.53. The van der Waals surface area contributed by atoms with Gasteiger partial charge in [0, 0.05) is 7.05 Å². The number of hydrogen-bond donors (Lipinski definition) is 0. The number of anilines is 1. The van der Waals surface area contributed by atoms with E-state index in [1.807, 2.05) is 0 Å². The third-order valence-corrected chi connectivity index (χ3v) is 3.17. The number of benzene rings is 1. The van der Waals surface area contributed by atoms with Crippen molar-refractivity contribution in [2.45, 2.75) is 0 Å². The van der Waals surface area contributed by atoms with Crippen LogP contribution in [0.1, 0.15) is 0 Å². The van der Waals surface area contributed by atoms with Crippen molar-refractivity contribution in [1.29, 1.82) is 0 Å². The Labute approximate surface area is 107 Å². The van der Waals surface area contributed by atoms with Gasteiger partial charge in [-0.2, -0.15) is 0 Å². The van der Waals surface area contributed by atoms with Crippen molar-refractivity contribution in [2.75, 3.05) is 18.5 Å². The molecular weight excluding hydrogens is 261 g/mol. The van der Waals surface area contributed by atoms with E-state index in [9.17, 15) is 14.0 Å². The number of hydrogen-bond acceptors (Lipinski definition) is 4. The number of amides is 4. The van der Waals surface area contributed by atoms with Crippen molar-refractivity contribution in [3.63, 3.8) is 0 Å². The molecule has 1 saturated heterocycles. The normalized spacial score (nSPS) is 16.5. The average Bonchev–Trinajstić information content (AvgIpc) is 2.36. The Kier molecular flexibility index (Phi) is 3.39. The molecule has 1 fully saturated rings. The summed E-state index contributed by atoms with van der Waals surface area (Å²) in [5, 5.41) is 0.558.